The van der Waals surface area contributed by atoms with E-state index < -0.39 is 0 Å². The molecule has 1 aromatic carbocycles. The normalized spacial score (nSPS) is 31.5. The van der Waals surface area contributed by atoms with Gasteiger partial charge in [0.1, 0.15) is 0 Å². The standard InChI is InChI=1S/C13H18BrN/c1-10-4-3-9-13(2,15-10)11-5-7-12(14)8-6-11/h5-8,10,15H,3-4,9H2,1-2H3. The maximum absolute atomic E-state index is 3.71. The van der Waals surface area contributed by atoms with Crippen molar-refractivity contribution in [3.8, 4) is 0 Å². The van der Waals surface area contributed by atoms with E-state index >= 15 is 0 Å². The van der Waals surface area contributed by atoms with Crippen molar-refractivity contribution in [3.05, 3.63) is 34.3 Å². The Morgan fingerprint density at radius 3 is 2.60 bits per heavy atom. The van der Waals surface area contributed by atoms with Crippen molar-refractivity contribution >= 4 is 15.9 Å². The molecule has 1 N–H and O–H groups in total. The van der Waals surface area contributed by atoms with Crippen LogP contribution in [-0.2, 0) is 5.54 Å². The molecule has 0 aromatic heterocycles. The van der Waals surface area contributed by atoms with E-state index in [1.165, 1.54) is 24.8 Å². The first-order valence-corrected chi connectivity index (χ1v) is 6.43. The molecule has 0 aliphatic carbocycles. The minimum Gasteiger partial charge on any atom is -0.305 e. The molecule has 1 aliphatic heterocycles. The Morgan fingerprint density at radius 2 is 2.00 bits per heavy atom. The lowest BCUT2D eigenvalue weighted by Gasteiger charge is -2.39. The Kier molecular flexibility index (Phi) is 3.17. The topological polar surface area (TPSA) is 12.0 Å². The van der Waals surface area contributed by atoms with E-state index in [1.807, 2.05) is 0 Å². The van der Waals surface area contributed by atoms with Crippen LogP contribution in [0.15, 0.2) is 28.7 Å². The van der Waals surface area contributed by atoms with E-state index in [1.54, 1.807) is 0 Å². The lowest BCUT2D eigenvalue weighted by atomic mass is 9.82. The highest BCUT2D eigenvalue weighted by molar-refractivity contribution is 9.10. The summed E-state index contributed by atoms with van der Waals surface area (Å²) in [5, 5.41) is 3.71. The van der Waals surface area contributed by atoms with Crippen LogP contribution in [0.1, 0.15) is 38.7 Å². The summed E-state index contributed by atoms with van der Waals surface area (Å²) in [7, 11) is 0. The van der Waals surface area contributed by atoms with E-state index in [4.69, 9.17) is 0 Å². The molecule has 1 aromatic rings. The van der Waals surface area contributed by atoms with Gasteiger partial charge in [-0.05, 0) is 50.8 Å². The summed E-state index contributed by atoms with van der Waals surface area (Å²) in [6, 6.07) is 9.32. The average molecular weight is 268 g/mol. The van der Waals surface area contributed by atoms with Crippen molar-refractivity contribution in [2.75, 3.05) is 0 Å². The van der Waals surface area contributed by atoms with Crippen LogP contribution in [0.3, 0.4) is 0 Å². The van der Waals surface area contributed by atoms with Crippen molar-refractivity contribution in [2.45, 2.75) is 44.7 Å². The largest absolute Gasteiger partial charge is 0.305 e. The molecule has 1 heterocycles. The first-order valence-electron chi connectivity index (χ1n) is 5.64. The molecule has 1 nitrogen and oxygen atoms in total. The van der Waals surface area contributed by atoms with Crippen molar-refractivity contribution in [1.82, 2.24) is 5.32 Å². The monoisotopic (exact) mass is 267 g/mol. The predicted octanol–water partition coefficient (Wildman–Crippen LogP) is 3.83. The Labute approximate surface area is 100 Å². The first-order chi connectivity index (χ1) is 7.10. The van der Waals surface area contributed by atoms with Crippen LogP contribution in [0.25, 0.3) is 0 Å². The van der Waals surface area contributed by atoms with Gasteiger partial charge in [0.2, 0.25) is 0 Å². The summed E-state index contributed by atoms with van der Waals surface area (Å²) in [4.78, 5) is 0. The number of rotatable bonds is 1. The molecule has 0 bridgehead atoms. The Hall–Kier alpha value is -0.340. The summed E-state index contributed by atoms with van der Waals surface area (Å²) in [6.07, 6.45) is 3.85. The maximum Gasteiger partial charge on any atom is 0.0408 e. The quantitative estimate of drug-likeness (QED) is 0.816. The van der Waals surface area contributed by atoms with Crippen molar-refractivity contribution in [2.24, 2.45) is 0 Å². The van der Waals surface area contributed by atoms with E-state index in [2.05, 4.69) is 59.4 Å². The predicted molar refractivity (Wildman–Crippen MR) is 67.9 cm³/mol. The molecule has 0 spiro atoms. The molecule has 15 heavy (non-hydrogen) atoms. The highest BCUT2D eigenvalue weighted by Crippen LogP contribution is 2.32. The minimum atomic E-state index is 0.165. The molecule has 1 fully saturated rings. The number of hydrogen-bond donors (Lipinski definition) is 1. The highest BCUT2D eigenvalue weighted by Gasteiger charge is 2.30. The third-order valence-corrected chi connectivity index (χ3v) is 3.89. The number of piperidine rings is 1. The second-order valence-electron chi connectivity index (χ2n) is 4.78. The van der Waals surface area contributed by atoms with Gasteiger partial charge in [-0.2, -0.15) is 0 Å². The van der Waals surface area contributed by atoms with Crippen LogP contribution in [0.5, 0.6) is 0 Å². The van der Waals surface area contributed by atoms with Gasteiger partial charge in [-0.1, -0.05) is 28.1 Å². The first kappa shape index (κ1) is 11.2. The zero-order valence-corrected chi connectivity index (χ0v) is 11.0. The van der Waals surface area contributed by atoms with Gasteiger partial charge < -0.3 is 5.32 Å². The Morgan fingerprint density at radius 1 is 1.33 bits per heavy atom. The molecule has 2 rings (SSSR count). The van der Waals surface area contributed by atoms with Crippen LogP contribution in [-0.4, -0.2) is 6.04 Å². The van der Waals surface area contributed by atoms with Crippen molar-refractivity contribution < 1.29 is 0 Å². The van der Waals surface area contributed by atoms with Gasteiger partial charge in [-0.15, -0.1) is 0 Å². The van der Waals surface area contributed by atoms with E-state index in [-0.39, 0.29) is 5.54 Å². The molecule has 0 radical (unpaired) electrons. The molecule has 2 heteroatoms. The van der Waals surface area contributed by atoms with Gasteiger partial charge in [-0.3, -0.25) is 0 Å². The summed E-state index contributed by atoms with van der Waals surface area (Å²) in [5.74, 6) is 0. The highest BCUT2D eigenvalue weighted by atomic mass is 79.9. The van der Waals surface area contributed by atoms with Gasteiger partial charge in [0.05, 0.1) is 0 Å². The summed E-state index contributed by atoms with van der Waals surface area (Å²) in [6.45, 7) is 4.59. The minimum absolute atomic E-state index is 0.165. The number of hydrogen-bond acceptors (Lipinski definition) is 1. The molecule has 82 valence electrons. The third-order valence-electron chi connectivity index (χ3n) is 3.36. The lowest BCUT2D eigenvalue weighted by Crippen LogP contribution is -2.47. The zero-order valence-electron chi connectivity index (χ0n) is 9.39. The van der Waals surface area contributed by atoms with Crippen LogP contribution in [0.4, 0.5) is 0 Å². The van der Waals surface area contributed by atoms with Gasteiger partial charge >= 0.3 is 0 Å². The molecule has 1 aliphatic rings. The third kappa shape index (κ3) is 2.43. The SMILES string of the molecule is CC1CCCC(C)(c2ccc(Br)cc2)N1. The van der Waals surface area contributed by atoms with Gasteiger partial charge in [0.15, 0.2) is 0 Å². The molecule has 0 saturated carbocycles. The maximum atomic E-state index is 3.71. The van der Waals surface area contributed by atoms with Crippen LogP contribution in [0, 0.1) is 0 Å². The molecular weight excluding hydrogens is 250 g/mol. The zero-order chi connectivity index (χ0) is 10.9. The number of halogens is 1. The van der Waals surface area contributed by atoms with Crippen molar-refractivity contribution in [1.29, 1.82) is 0 Å². The number of nitrogens with one attached hydrogen (secondary N) is 1. The second-order valence-corrected chi connectivity index (χ2v) is 5.69. The fourth-order valence-electron chi connectivity index (χ4n) is 2.50. The average Bonchev–Trinajstić information content (AvgIpc) is 2.18. The summed E-state index contributed by atoms with van der Waals surface area (Å²) >= 11 is 3.48. The van der Waals surface area contributed by atoms with Gasteiger partial charge in [-0.25, -0.2) is 0 Å². The fourth-order valence-corrected chi connectivity index (χ4v) is 2.76. The number of benzene rings is 1. The van der Waals surface area contributed by atoms with Crippen LogP contribution in [0.2, 0.25) is 0 Å². The smallest absolute Gasteiger partial charge is 0.0408 e. The van der Waals surface area contributed by atoms with E-state index in [0.29, 0.717) is 6.04 Å². The van der Waals surface area contributed by atoms with E-state index in [9.17, 15) is 0 Å². The van der Waals surface area contributed by atoms with E-state index in [0.717, 1.165) is 4.47 Å². The van der Waals surface area contributed by atoms with Gasteiger partial charge in [0, 0.05) is 16.1 Å². The Balaban J connectivity index is 2.24. The summed E-state index contributed by atoms with van der Waals surface area (Å²) < 4.78 is 1.15. The molecule has 2 atom stereocenters. The Bertz CT molecular complexity index is 333. The summed E-state index contributed by atoms with van der Waals surface area (Å²) in [5.41, 5.74) is 1.57. The molecule has 0 amide bonds. The molecule has 1 saturated heterocycles. The van der Waals surface area contributed by atoms with Crippen LogP contribution < -0.4 is 5.32 Å². The molecule has 2 unspecified atom stereocenters. The van der Waals surface area contributed by atoms with Gasteiger partial charge in [0.25, 0.3) is 0 Å². The van der Waals surface area contributed by atoms with Crippen LogP contribution >= 0.6 is 15.9 Å². The fraction of sp³-hybridized carbons (Fsp3) is 0.538. The lowest BCUT2D eigenvalue weighted by molar-refractivity contribution is 0.236. The molecular formula is C13H18BrN. The van der Waals surface area contributed by atoms with Crippen molar-refractivity contribution in [3.63, 3.8) is 0 Å². The second kappa shape index (κ2) is 4.26.